The van der Waals surface area contributed by atoms with E-state index in [1.54, 1.807) is 24.3 Å². The molecule has 1 saturated heterocycles. The summed E-state index contributed by atoms with van der Waals surface area (Å²) in [5, 5.41) is 0. The van der Waals surface area contributed by atoms with Crippen LogP contribution in [-0.2, 0) is 10.0 Å². The van der Waals surface area contributed by atoms with Gasteiger partial charge in [-0.15, -0.1) is 0 Å². The lowest BCUT2D eigenvalue weighted by Crippen LogP contribution is -2.14. The molecule has 1 fully saturated rings. The standard InChI is InChI=1S/C9H10INO2S/c10-6-8-7-11(8)14(12,13)9-4-2-1-3-5-9/h1-5,8H,6-7H2/t8-,11?/m1/s1. The van der Waals surface area contributed by atoms with Crippen molar-refractivity contribution in [3.05, 3.63) is 30.3 Å². The lowest BCUT2D eigenvalue weighted by atomic mass is 10.4. The normalized spacial score (nSPS) is 26.1. The van der Waals surface area contributed by atoms with Crippen LogP contribution in [0.15, 0.2) is 35.2 Å². The van der Waals surface area contributed by atoms with E-state index in [-0.39, 0.29) is 6.04 Å². The Morgan fingerprint density at radius 2 is 2.00 bits per heavy atom. The van der Waals surface area contributed by atoms with E-state index in [9.17, 15) is 8.42 Å². The van der Waals surface area contributed by atoms with Crippen molar-refractivity contribution in [2.24, 2.45) is 0 Å². The number of hydrogen-bond acceptors (Lipinski definition) is 2. The SMILES string of the molecule is O=S(=O)(c1ccccc1)N1C[C@H]1CI. The molecule has 2 rings (SSSR count). The molecule has 1 aliphatic rings. The van der Waals surface area contributed by atoms with Gasteiger partial charge in [0.1, 0.15) is 0 Å². The number of alkyl halides is 1. The number of hydrogen-bond donors (Lipinski definition) is 0. The second-order valence-corrected chi connectivity index (χ2v) is 5.97. The second kappa shape index (κ2) is 3.79. The van der Waals surface area contributed by atoms with Gasteiger partial charge in [0, 0.05) is 17.0 Å². The Labute approximate surface area is 97.3 Å². The molecule has 0 radical (unpaired) electrons. The van der Waals surface area contributed by atoms with Crippen molar-refractivity contribution in [1.29, 1.82) is 0 Å². The first-order valence-electron chi connectivity index (χ1n) is 4.29. The van der Waals surface area contributed by atoms with Gasteiger partial charge in [-0.3, -0.25) is 0 Å². The van der Waals surface area contributed by atoms with Crippen LogP contribution in [0.2, 0.25) is 0 Å². The Bertz CT molecular complexity index is 418. The number of halogens is 1. The van der Waals surface area contributed by atoms with Crippen LogP contribution in [0.25, 0.3) is 0 Å². The van der Waals surface area contributed by atoms with Gasteiger partial charge >= 0.3 is 0 Å². The van der Waals surface area contributed by atoms with E-state index in [1.165, 1.54) is 4.31 Å². The zero-order valence-electron chi connectivity index (χ0n) is 7.43. The molecular weight excluding hydrogens is 313 g/mol. The molecule has 1 aromatic carbocycles. The zero-order chi connectivity index (χ0) is 10.2. The minimum Gasteiger partial charge on any atom is -0.207 e. The van der Waals surface area contributed by atoms with Crippen LogP contribution in [0.1, 0.15) is 0 Å². The smallest absolute Gasteiger partial charge is 0.207 e. The number of nitrogens with zero attached hydrogens (tertiary/aromatic N) is 1. The molecule has 2 atom stereocenters. The molecule has 0 aromatic heterocycles. The summed E-state index contributed by atoms with van der Waals surface area (Å²) in [6.45, 7) is 0.667. The molecule has 1 heterocycles. The fourth-order valence-corrected chi connectivity index (χ4v) is 3.94. The third-order valence-electron chi connectivity index (χ3n) is 2.19. The third-order valence-corrected chi connectivity index (χ3v) is 5.14. The van der Waals surface area contributed by atoms with Gasteiger partial charge < -0.3 is 0 Å². The summed E-state index contributed by atoms with van der Waals surface area (Å²) in [5.41, 5.74) is 0. The number of rotatable bonds is 3. The van der Waals surface area contributed by atoms with Crippen LogP contribution in [0, 0.1) is 0 Å². The van der Waals surface area contributed by atoms with E-state index in [1.807, 2.05) is 6.07 Å². The Morgan fingerprint density at radius 1 is 1.36 bits per heavy atom. The summed E-state index contributed by atoms with van der Waals surface area (Å²) < 4.78 is 26.2. The first kappa shape index (κ1) is 10.4. The van der Waals surface area contributed by atoms with Crippen molar-refractivity contribution in [3.8, 4) is 0 Å². The van der Waals surface area contributed by atoms with Crippen LogP contribution in [-0.4, -0.2) is 29.7 Å². The van der Waals surface area contributed by atoms with Crippen molar-refractivity contribution in [3.63, 3.8) is 0 Å². The van der Waals surface area contributed by atoms with Gasteiger partial charge in [-0.1, -0.05) is 40.8 Å². The molecule has 0 bridgehead atoms. The first-order chi connectivity index (χ1) is 6.66. The van der Waals surface area contributed by atoms with E-state index in [2.05, 4.69) is 22.6 Å². The summed E-state index contributed by atoms with van der Waals surface area (Å²) in [4.78, 5) is 0.396. The molecule has 0 N–H and O–H groups in total. The van der Waals surface area contributed by atoms with Crippen molar-refractivity contribution >= 4 is 32.6 Å². The third kappa shape index (κ3) is 1.80. The van der Waals surface area contributed by atoms with Crippen LogP contribution in [0.3, 0.4) is 0 Å². The highest BCUT2D eigenvalue weighted by Crippen LogP contribution is 2.28. The van der Waals surface area contributed by atoms with Crippen molar-refractivity contribution in [1.82, 2.24) is 4.31 Å². The molecule has 1 aliphatic heterocycles. The highest BCUT2D eigenvalue weighted by molar-refractivity contribution is 14.1. The zero-order valence-corrected chi connectivity index (χ0v) is 10.4. The molecule has 1 unspecified atom stereocenters. The number of sulfonamides is 1. The molecule has 14 heavy (non-hydrogen) atoms. The summed E-state index contributed by atoms with van der Waals surface area (Å²) in [6.07, 6.45) is 0. The predicted octanol–water partition coefficient (Wildman–Crippen LogP) is 1.49. The maximum Gasteiger partial charge on any atom is 0.243 e. The highest BCUT2D eigenvalue weighted by Gasteiger charge is 2.43. The molecule has 0 spiro atoms. The van der Waals surface area contributed by atoms with Gasteiger partial charge in [0.15, 0.2) is 0 Å². The van der Waals surface area contributed by atoms with E-state index < -0.39 is 10.0 Å². The molecule has 76 valence electrons. The average molecular weight is 323 g/mol. The Morgan fingerprint density at radius 3 is 2.50 bits per heavy atom. The van der Waals surface area contributed by atoms with Crippen molar-refractivity contribution in [2.75, 3.05) is 11.0 Å². The van der Waals surface area contributed by atoms with Crippen LogP contribution in [0.4, 0.5) is 0 Å². The molecule has 3 nitrogen and oxygen atoms in total. The van der Waals surface area contributed by atoms with Gasteiger partial charge in [0.05, 0.1) is 4.90 Å². The molecule has 5 heteroatoms. The lowest BCUT2D eigenvalue weighted by molar-refractivity contribution is 0.556. The monoisotopic (exact) mass is 323 g/mol. The van der Waals surface area contributed by atoms with Crippen molar-refractivity contribution in [2.45, 2.75) is 10.9 Å². The fourth-order valence-electron chi connectivity index (χ4n) is 1.31. The minimum atomic E-state index is -3.20. The Balaban J connectivity index is 2.27. The maximum atomic E-state index is 11.9. The van der Waals surface area contributed by atoms with E-state index >= 15 is 0 Å². The van der Waals surface area contributed by atoms with Crippen LogP contribution >= 0.6 is 22.6 Å². The van der Waals surface area contributed by atoms with Gasteiger partial charge in [-0.25, -0.2) is 8.42 Å². The molecule has 1 aromatic rings. The summed E-state index contributed by atoms with van der Waals surface area (Å²) in [6, 6.07) is 8.79. The highest BCUT2D eigenvalue weighted by atomic mass is 127. The van der Waals surface area contributed by atoms with Gasteiger partial charge in [0.2, 0.25) is 10.0 Å². The van der Waals surface area contributed by atoms with Crippen LogP contribution < -0.4 is 0 Å². The quantitative estimate of drug-likeness (QED) is 0.480. The maximum absolute atomic E-state index is 11.9. The Kier molecular flexibility index (Phi) is 2.81. The topological polar surface area (TPSA) is 37.1 Å². The molecule has 0 aliphatic carbocycles. The minimum absolute atomic E-state index is 0.209. The Hall–Kier alpha value is -0.140. The average Bonchev–Trinajstić information content (AvgIpc) is 2.98. The molecular formula is C9H10INO2S. The van der Waals surface area contributed by atoms with Gasteiger partial charge in [-0.2, -0.15) is 4.31 Å². The molecule has 0 amide bonds. The lowest BCUT2D eigenvalue weighted by Gasteiger charge is -2.04. The van der Waals surface area contributed by atoms with E-state index in [0.29, 0.717) is 11.4 Å². The first-order valence-corrected chi connectivity index (χ1v) is 7.25. The summed E-state index contributed by atoms with van der Waals surface area (Å²) in [5.74, 6) is 0. The number of benzene rings is 1. The summed E-state index contributed by atoms with van der Waals surface area (Å²) in [7, 11) is -3.20. The predicted molar refractivity (Wildman–Crippen MR) is 63.0 cm³/mol. The van der Waals surface area contributed by atoms with Crippen molar-refractivity contribution < 1.29 is 8.42 Å². The fraction of sp³-hybridized carbons (Fsp3) is 0.333. The summed E-state index contributed by atoms with van der Waals surface area (Å²) >= 11 is 2.21. The van der Waals surface area contributed by atoms with E-state index in [4.69, 9.17) is 0 Å². The van der Waals surface area contributed by atoms with Crippen LogP contribution in [0.5, 0.6) is 0 Å². The van der Waals surface area contributed by atoms with Gasteiger partial charge in [-0.05, 0) is 12.1 Å². The van der Waals surface area contributed by atoms with Gasteiger partial charge in [0.25, 0.3) is 0 Å². The largest absolute Gasteiger partial charge is 0.243 e. The van der Waals surface area contributed by atoms with E-state index in [0.717, 1.165) is 4.43 Å². The molecule has 0 saturated carbocycles. The second-order valence-electron chi connectivity index (χ2n) is 3.20.